The number of halogens is 1. The highest BCUT2D eigenvalue weighted by Crippen LogP contribution is 2.23. The summed E-state index contributed by atoms with van der Waals surface area (Å²) in [5.74, 6) is 1.13. The van der Waals surface area contributed by atoms with Crippen LogP contribution in [0.5, 0.6) is 0 Å². The number of hydrogen-bond acceptors (Lipinski definition) is 7. The fraction of sp³-hybridized carbons (Fsp3) is 0.500. The molecule has 4 rings (SSSR count). The van der Waals surface area contributed by atoms with E-state index in [4.69, 9.17) is 16.3 Å². The van der Waals surface area contributed by atoms with E-state index >= 15 is 0 Å². The Morgan fingerprint density at radius 1 is 0.846 bits per heavy atom. The van der Waals surface area contributed by atoms with Crippen LogP contribution in [0.25, 0.3) is 0 Å². The van der Waals surface area contributed by atoms with Crippen molar-refractivity contribution < 1.29 is 4.74 Å². The largest absolute Gasteiger partial charge is 0.378 e. The topological polar surface area (TPSA) is 66.4 Å². The minimum atomic E-state index is 0.216. The summed E-state index contributed by atoms with van der Waals surface area (Å²) in [5.41, 5.74) is 2.12. The third-order valence-corrected chi connectivity index (χ3v) is 4.90. The van der Waals surface area contributed by atoms with Crippen LogP contribution in [-0.4, -0.2) is 54.3 Å². The SMILES string of the molecule is Clc1nc(Nc2ccc(N3CCOCC3)cc2)nc(N2CCCCC2)n1. The molecule has 0 radical (unpaired) electrons. The Labute approximate surface area is 158 Å². The van der Waals surface area contributed by atoms with E-state index in [1.807, 2.05) is 12.1 Å². The molecular weight excluding hydrogens is 352 g/mol. The summed E-state index contributed by atoms with van der Waals surface area (Å²) in [5, 5.41) is 3.45. The molecule has 0 bridgehead atoms. The van der Waals surface area contributed by atoms with Crippen LogP contribution in [0.2, 0.25) is 5.28 Å². The molecule has 0 aliphatic carbocycles. The molecule has 1 N–H and O–H groups in total. The second-order valence-corrected chi connectivity index (χ2v) is 6.89. The van der Waals surface area contributed by atoms with Crippen molar-refractivity contribution in [3.05, 3.63) is 29.5 Å². The first kappa shape index (κ1) is 17.3. The van der Waals surface area contributed by atoms with Crippen LogP contribution in [-0.2, 0) is 4.74 Å². The molecule has 0 spiro atoms. The van der Waals surface area contributed by atoms with Gasteiger partial charge in [-0.25, -0.2) is 0 Å². The number of rotatable bonds is 4. The maximum atomic E-state index is 6.11. The minimum absolute atomic E-state index is 0.216. The van der Waals surface area contributed by atoms with Crippen molar-refractivity contribution in [2.45, 2.75) is 19.3 Å². The minimum Gasteiger partial charge on any atom is -0.378 e. The van der Waals surface area contributed by atoms with Gasteiger partial charge < -0.3 is 19.9 Å². The van der Waals surface area contributed by atoms with E-state index in [9.17, 15) is 0 Å². The third kappa shape index (κ3) is 4.16. The highest BCUT2D eigenvalue weighted by Gasteiger charge is 2.16. The highest BCUT2D eigenvalue weighted by atomic mass is 35.5. The van der Waals surface area contributed by atoms with Crippen molar-refractivity contribution in [1.82, 2.24) is 15.0 Å². The molecule has 26 heavy (non-hydrogen) atoms. The Morgan fingerprint density at radius 2 is 1.58 bits per heavy atom. The molecule has 7 nitrogen and oxygen atoms in total. The molecule has 2 aromatic rings. The quantitative estimate of drug-likeness (QED) is 0.881. The van der Waals surface area contributed by atoms with E-state index in [0.29, 0.717) is 11.9 Å². The van der Waals surface area contributed by atoms with Crippen molar-refractivity contribution >= 4 is 34.9 Å². The van der Waals surface area contributed by atoms with Crippen LogP contribution in [0.4, 0.5) is 23.3 Å². The first-order valence-corrected chi connectivity index (χ1v) is 9.52. The summed E-state index contributed by atoms with van der Waals surface area (Å²) in [6, 6.07) is 8.26. The van der Waals surface area contributed by atoms with Gasteiger partial charge in [-0.05, 0) is 55.1 Å². The van der Waals surface area contributed by atoms with Crippen LogP contribution < -0.4 is 15.1 Å². The van der Waals surface area contributed by atoms with E-state index in [0.717, 1.165) is 57.9 Å². The molecule has 0 atom stereocenters. The Hall–Kier alpha value is -2.12. The van der Waals surface area contributed by atoms with E-state index in [2.05, 4.69) is 42.2 Å². The zero-order valence-corrected chi connectivity index (χ0v) is 15.5. The van der Waals surface area contributed by atoms with Gasteiger partial charge >= 0.3 is 0 Å². The Kier molecular flexibility index (Phi) is 5.36. The van der Waals surface area contributed by atoms with Gasteiger partial charge in [0.2, 0.25) is 17.2 Å². The standard InChI is InChI=1S/C18H23ClN6O/c19-16-21-17(23-18(22-16)25-8-2-1-3-9-25)20-14-4-6-15(7-5-14)24-10-12-26-13-11-24/h4-7H,1-3,8-13H2,(H,20,21,22,23). The van der Waals surface area contributed by atoms with Gasteiger partial charge in [-0.2, -0.15) is 15.0 Å². The van der Waals surface area contributed by atoms with Crippen molar-refractivity contribution in [1.29, 1.82) is 0 Å². The number of morpholine rings is 1. The summed E-state index contributed by atoms with van der Waals surface area (Å²) in [6.45, 7) is 5.34. The first-order chi connectivity index (χ1) is 12.8. The number of ether oxygens (including phenoxy) is 1. The van der Waals surface area contributed by atoms with E-state index in [1.54, 1.807) is 0 Å². The smallest absolute Gasteiger partial charge is 0.233 e. The summed E-state index contributed by atoms with van der Waals surface area (Å²) >= 11 is 6.11. The zero-order valence-electron chi connectivity index (χ0n) is 14.7. The number of nitrogens with zero attached hydrogens (tertiary/aromatic N) is 5. The van der Waals surface area contributed by atoms with Gasteiger partial charge in [0, 0.05) is 37.6 Å². The molecule has 2 aliphatic rings. The van der Waals surface area contributed by atoms with Crippen molar-refractivity contribution in [2.75, 3.05) is 54.5 Å². The third-order valence-electron chi connectivity index (χ3n) is 4.73. The van der Waals surface area contributed by atoms with Crippen LogP contribution in [0.15, 0.2) is 24.3 Å². The molecular formula is C18H23ClN6O. The lowest BCUT2D eigenvalue weighted by molar-refractivity contribution is 0.122. The predicted molar refractivity (Wildman–Crippen MR) is 104 cm³/mol. The number of anilines is 4. The van der Waals surface area contributed by atoms with Crippen LogP contribution >= 0.6 is 11.6 Å². The average Bonchev–Trinajstić information content (AvgIpc) is 2.69. The monoisotopic (exact) mass is 374 g/mol. The Morgan fingerprint density at radius 3 is 2.31 bits per heavy atom. The Bertz CT molecular complexity index is 729. The first-order valence-electron chi connectivity index (χ1n) is 9.14. The summed E-state index contributed by atoms with van der Waals surface area (Å²) in [7, 11) is 0. The van der Waals surface area contributed by atoms with Gasteiger partial charge in [0.1, 0.15) is 0 Å². The van der Waals surface area contributed by atoms with Gasteiger partial charge in [0.25, 0.3) is 0 Å². The fourth-order valence-electron chi connectivity index (χ4n) is 3.34. The fourth-order valence-corrected chi connectivity index (χ4v) is 3.49. The maximum absolute atomic E-state index is 6.11. The number of hydrogen-bond donors (Lipinski definition) is 1. The number of aromatic nitrogens is 3. The van der Waals surface area contributed by atoms with Crippen molar-refractivity contribution in [3.8, 4) is 0 Å². The molecule has 8 heteroatoms. The van der Waals surface area contributed by atoms with E-state index in [-0.39, 0.29) is 5.28 Å². The molecule has 0 unspecified atom stereocenters. The van der Waals surface area contributed by atoms with Gasteiger partial charge in [0.05, 0.1) is 13.2 Å². The number of benzene rings is 1. The number of nitrogens with one attached hydrogen (secondary N) is 1. The molecule has 2 fully saturated rings. The van der Waals surface area contributed by atoms with E-state index < -0.39 is 0 Å². The zero-order chi connectivity index (χ0) is 17.8. The van der Waals surface area contributed by atoms with Crippen LogP contribution in [0.1, 0.15) is 19.3 Å². The van der Waals surface area contributed by atoms with Gasteiger partial charge in [-0.1, -0.05) is 0 Å². The van der Waals surface area contributed by atoms with Crippen molar-refractivity contribution in [3.63, 3.8) is 0 Å². The molecule has 0 amide bonds. The van der Waals surface area contributed by atoms with E-state index in [1.165, 1.54) is 12.1 Å². The molecule has 2 aliphatic heterocycles. The summed E-state index contributed by atoms with van der Waals surface area (Å²) in [6.07, 6.45) is 3.58. The van der Waals surface area contributed by atoms with Gasteiger partial charge in [0.15, 0.2) is 0 Å². The highest BCUT2D eigenvalue weighted by molar-refractivity contribution is 6.28. The molecule has 0 saturated carbocycles. The summed E-state index contributed by atoms with van der Waals surface area (Å²) in [4.78, 5) is 17.5. The lowest BCUT2D eigenvalue weighted by Crippen LogP contribution is -2.36. The lowest BCUT2D eigenvalue weighted by Gasteiger charge is -2.29. The van der Waals surface area contributed by atoms with Crippen molar-refractivity contribution in [2.24, 2.45) is 0 Å². The lowest BCUT2D eigenvalue weighted by atomic mass is 10.1. The normalized spacial score (nSPS) is 18.0. The van der Waals surface area contributed by atoms with Crippen LogP contribution in [0, 0.1) is 0 Å². The van der Waals surface area contributed by atoms with Gasteiger partial charge in [-0.3, -0.25) is 0 Å². The second kappa shape index (κ2) is 8.05. The van der Waals surface area contributed by atoms with Gasteiger partial charge in [-0.15, -0.1) is 0 Å². The maximum Gasteiger partial charge on any atom is 0.233 e. The molecule has 3 heterocycles. The number of piperidine rings is 1. The molecule has 1 aromatic carbocycles. The second-order valence-electron chi connectivity index (χ2n) is 6.55. The molecule has 1 aromatic heterocycles. The average molecular weight is 375 g/mol. The predicted octanol–water partition coefficient (Wildman–Crippen LogP) is 3.10. The van der Waals surface area contributed by atoms with Crippen LogP contribution in [0.3, 0.4) is 0 Å². The molecule has 138 valence electrons. The summed E-state index contributed by atoms with van der Waals surface area (Å²) < 4.78 is 5.40. The Balaban J connectivity index is 1.47. The molecule has 2 saturated heterocycles.